The summed E-state index contributed by atoms with van der Waals surface area (Å²) in [5, 5.41) is 17.2. The summed E-state index contributed by atoms with van der Waals surface area (Å²) in [4.78, 5) is 30.4. The SMILES string of the molecule is C.CC#N.CC1=N/C(=C/N(C)C)C(=O)O1.CC1=N/C(=C/[O-])C(=O)O1.F.[Na+].[Na+].[OH-]. The Balaban J connectivity index is -0.0000000660. The van der Waals surface area contributed by atoms with Crippen LogP contribution in [0.1, 0.15) is 28.2 Å². The number of aliphatic imine (C=N–C) groups is 2. The molecule has 0 fully saturated rings. The number of nitriles is 1. The molecule has 0 spiro atoms. The second-order valence-electron chi connectivity index (χ2n) is 4.25. The zero-order valence-corrected chi connectivity index (χ0v) is 20.3. The molecule has 13 heteroatoms. The van der Waals surface area contributed by atoms with Gasteiger partial charge in [-0.2, -0.15) is 5.26 Å². The Morgan fingerprint density at radius 2 is 1.36 bits per heavy atom. The molecule has 0 bridgehead atoms. The third-order valence-corrected chi connectivity index (χ3v) is 1.95. The van der Waals surface area contributed by atoms with E-state index in [0.29, 0.717) is 17.9 Å². The van der Waals surface area contributed by atoms with Crippen molar-refractivity contribution in [2.45, 2.75) is 28.2 Å². The molecule has 2 aliphatic rings. The fourth-order valence-electron chi connectivity index (χ4n) is 1.25. The standard InChI is InChI=1S/C7H10N2O2.C5H5NO3.C2H3N.CH4.FH.2Na.H2O/c1-5-8-6(4-9(2)3)7(10)11-5;1-3-6-4(2-7)5(8)9-3;1-2-3;;;;;/h4H,1-3H3;2,7H,1H3;1H3;1H4;1H;;;1H2/q;;;;;2*+1;/p-2/b6-4+;4-2+;;;;;;. The number of ether oxygens (including phenoxy) is 2. The van der Waals surface area contributed by atoms with E-state index >= 15 is 0 Å². The van der Waals surface area contributed by atoms with E-state index in [1.165, 1.54) is 13.8 Å². The van der Waals surface area contributed by atoms with Crippen LogP contribution in [-0.2, 0) is 19.1 Å². The van der Waals surface area contributed by atoms with E-state index in [1.807, 2.05) is 14.1 Å². The summed E-state index contributed by atoms with van der Waals surface area (Å²) >= 11 is 0. The molecule has 0 radical (unpaired) electrons. The minimum atomic E-state index is -0.664. The summed E-state index contributed by atoms with van der Waals surface area (Å²) in [6.45, 7) is 4.59. The van der Waals surface area contributed by atoms with E-state index in [-0.39, 0.29) is 94.3 Å². The molecule has 0 saturated heterocycles. The van der Waals surface area contributed by atoms with Crippen molar-refractivity contribution < 1.29 is 93.5 Å². The van der Waals surface area contributed by atoms with Crippen LogP contribution in [0.15, 0.2) is 33.8 Å². The molecule has 0 aromatic rings. The molecule has 0 saturated carbocycles. The fraction of sp³-hybridized carbons (Fsp3) is 0.400. The first-order valence-corrected chi connectivity index (χ1v) is 6.31. The molecular formula is C15H23FN4Na2O6. The fourth-order valence-corrected chi connectivity index (χ4v) is 1.25. The van der Waals surface area contributed by atoms with Crippen LogP contribution in [0.4, 0.5) is 4.70 Å². The van der Waals surface area contributed by atoms with Gasteiger partial charge in [-0.15, -0.1) is 6.26 Å². The van der Waals surface area contributed by atoms with Gasteiger partial charge in [-0.1, -0.05) is 7.43 Å². The molecule has 0 atom stereocenters. The van der Waals surface area contributed by atoms with Crippen molar-refractivity contribution in [1.29, 1.82) is 5.26 Å². The number of cyclic esters (lactones) is 2. The van der Waals surface area contributed by atoms with Crippen LogP contribution in [0.2, 0.25) is 0 Å². The molecule has 0 amide bonds. The Morgan fingerprint density at radius 1 is 1.04 bits per heavy atom. The molecule has 0 aromatic carbocycles. The summed E-state index contributed by atoms with van der Waals surface area (Å²) in [5.41, 5.74) is 0.194. The van der Waals surface area contributed by atoms with Crippen molar-refractivity contribution in [3.8, 4) is 6.07 Å². The third-order valence-electron chi connectivity index (χ3n) is 1.95. The molecule has 148 valence electrons. The number of carbonyl (C=O) groups is 2. The molecule has 10 nitrogen and oxygen atoms in total. The zero-order valence-electron chi connectivity index (χ0n) is 16.3. The smallest absolute Gasteiger partial charge is 0.876 e. The first-order valence-electron chi connectivity index (χ1n) is 6.31. The second kappa shape index (κ2) is 22.0. The van der Waals surface area contributed by atoms with Crippen molar-refractivity contribution in [2.24, 2.45) is 9.98 Å². The molecular weight excluding hydrogens is 397 g/mol. The number of esters is 2. The second-order valence-corrected chi connectivity index (χ2v) is 4.25. The average molecular weight is 420 g/mol. The van der Waals surface area contributed by atoms with E-state index < -0.39 is 5.97 Å². The summed E-state index contributed by atoms with van der Waals surface area (Å²) in [5.74, 6) is -0.413. The van der Waals surface area contributed by atoms with Gasteiger partial charge in [-0.05, 0) is 0 Å². The molecule has 0 aliphatic carbocycles. The average Bonchev–Trinajstić information content (AvgIpc) is 2.92. The van der Waals surface area contributed by atoms with Gasteiger partial charge in [-0.3, -0.25) is 4.70 Å². The number of nitrogens with zero attached hydrogens (tertiary/aromatic N) is 4. The quantitative estimate of drug-likeness (QED) is 0.176. The van der Waals surface area contributed by atoms with Gasteiger partial charge >= 0.3 is 71.1 Å². The van der Waals surface area contributed by atoms with Crippen molar-refractivity contribution in [2.75, 3.05) is 14.1 Å². The Labute approximate surface area is 208 Å². The van der Waals surface area contributed by atoms with Gasteiger partial charge in [0.1, 0.15) is 5.70 Å². The number of rotatable bonds is 1. The minimum Gasteiger partial charge on any atom is -0.876 e. The Morgan fingerprint density at radius 3 is 1.54 bits per heavy atom. The molecule has 2 heterocycles. The molecule has 0 aromatic heterocycles. The molecule has 2 rings (SSSR count). The van der Waals surface area contributed by atoms with Gasteiger partial charge in [0.15, 0.2) is 17.5 Å². The van der Waals surface area contributed by atoms with Crippen LogP contribution in [-0.4, -0.2) is 48.2 Å². The van der Waals surface area contributed by atoms with Gasteiger partial charge in [0.05, 0.1) is 6.07 Å². The number of hydrogen-bond donors (Lipinski definition) is 0. The largest absolute Gasteiger partial charge is 1.00 e. The molecule has 2 aliphatic heterocycles. The summed E-state index contributed by atoms with van der Waals surface area (Å²) in [7, 11) is 3.65. The first kappa shape index (κ1) is 41.2. The number of hydrogen-bond acceptors (Lipinski definition) is 10. The van der Waals surface area contributed by atoms with Crippen LogP contribution in [0.25, 0.3) is 0 Å². The molecule has 0 unspecified atom stereocenters. The van der Waals surface area contributed by atoms with Crippen LogP contribution in [0.3, 0.4) is 0 Å². The third kappa shape index (κ3) is 16.9. The predicted molar refractivity (Wildman–Crippen MR) is 90.7 cm³/mol. The normalized spacial score (nSPS) is 15.3. The van der Waals surface area contributed by atoms with E-state index in [1.54, 1.807) is 24.1 Å². The Kier molecular flexibility index (Phi) is 32.4. The minimum absolute atomic E-state index is 0. The number of halogens is 1. The summed E-state index contributed by atoms with van der Waals surface area (Å²) in [6.07, 6.45) is 2.00. The van der Waals surface area contributed by atoms with E-state index in [9.17, 15) is 14.7 Å². The zero-order chi connectivity index (χ0) is 18.0. The van der Waals surface area contributed by atoms with Crippen molar-refractivity contribution in [1.82, 2.24) is 4.90 Å². The van der Waals surface area contributed by atoms with Crippen LogP contribution < -0.4 is 64.2 Å². The monoisotopic (exact) mass is 420 g/mol. The first-order chi connectivity index (χ1) is 10.7. The number of carbonyl (C=O) groups excluding carboxylic acids is 2. The topological polar surface area (TPSA) is 157 Å². The van der Waals surface area contributed by atoms with E-state index in [0.717, 1.165) is 0 Å². The van der Waals surface area contributed by atoms with Crippen molar-refractivity contribution >= 4 is 23.7 Å². The van der Waals surface area contributed by atoms with Gasteiger partial charge in [-0.25, -0.2) is 19.6 Å². The molecule has 28 heavy (non-hydrogen) atoms. The van der Waals surface area contributed by atoms with Gasteiger partial charge < -0.3 is 25.0 Å². The van der Waals surface area contributed by atoms with Crippen LogP contribution in [0.5, 0.6) is 0 Å². The van der Waals surface area contributed by atoms with Gasteiger partial charge in [0.25, 0.3) is 0 Å². The predicted octanol–water partition coefficient (Wildman–Crippen LogP) is -5.32. The van der Waals surface area contributed by atoms with Crippen LogP contribution >= 0.6 is 0 Å². The summed E-state index contributed by atoms with van der Waals surface area (Å²) in [6, 6.07) is 1.75. The molecule has 1 N–H and O–H groups in total. The summed E-state index contributed by atoms with van der Waals surface area (Å²) < 4.78 is 9.10. The van der Waals surface area contributed by atoms with Crippen molar-refractivity contribution in [3.63, 3.8) is 0 Å². The maximum Gasteiger partial charge on any atom is 1.00 e. The van der Waals surface area contributed by atoms with E-state index in [4.69, 9.17) is 10.00 Å². The van der Waals surface area contributed by atoms with E-state index in [2.05, 4.69) is 14.7 Å². The maximum atomic E-state index is 10.9. The van der Waals surface area contributed by atoms with Crippen LogP contribution in [0, 0.1) is 11.3 Å². The maximum absolute atomic E-state index is 10.9. The Hall–Kier alpha value is -1.26. The Bertz CT molecular complexity index is 643. The van der Waals surface area contributed by atoms with Crippen molar-refractivity contribution in [3.05, 3.63) is 23.9 Å². The van der Waals surface area contributed by atoms with Gasteiger partial charge in [0, 0.05) is 41.1 Å². The van der Waals surface area contributed by atoms with Gasteiger partial charge in [0.2, 0.25) is 0 Å².